The number of aromatic nitrogens is 1. The molecule has 0 aliphatic heterocycles. The molecule has 0 bridgehead atoms. The maximum Gasteiger partial charge on any atom is 0.307 e. The fourth-order valence-corrected chi connectivity index (χ4v) is 1.98. The van der Waals surface area contributed by atoms with Crippen LogP contribution in [-0.4, -0.2) is 15.6 Å². The number of carboxylic acids is 1. The number of carbonyl (C=O) groups is 1. The molecule has 0 fully saturated rings. The Bertz CT molecular complexity index is 366. The second-order valence-electron chi connectivity index (χ2n) is 3.15. The van der Waals surface area contributed by atoms with Crippen molar-refractivity contribution in [2.45, 2.75) is 32.7 Å². The van der Waals surface area contributed by atoms with Crippen LogP contribution in [0.15, 0.2) is 10.2 Å². The van der Waals surface area contributed by atoms with Crippen molar-refractivity contribution >= 4 is 17.3 Å². The maximum atomic E-state index is 11.2. The van der Waals surface area contributed by atoms with E-state index in [1.54, 1.807) is 4.57 Å². The molecule has 1 aromatic rings. The fraction of sp³-hybridized carbons (Fsp3) is 0.556. The number of thiazole rings is 1. The van der Waals surface area contributed by atoms with Gasteiger partial charge in [0.15, 0.2) is 0 Å². The highest BCUT2D eigenvalue weighted by Gasteiger charge is 2.02. The topological polar surface area (TPSA) is 59.3 Å². The van der Waals surface area contributed by atoms with Gasteiger partial charge in [0.25, 0.3) is 0 Å². The SMILES string of the molecule is Cc1csc(=O)n1CCCCC(=O)O. The minimum Gasteiger partial charge on any atom is -0.481 e. The zero-order valence-corrected chi connectivity index (χ0v) is 8.84. The Hall–Kier alpha value is -1.10. The van der Waals surface area contributed by atoms with E-state index in [4.69, 9.17) is 5.11 Å². The highest BCUT2D eigenvalue weighted by molar-refractivity contribution is 7.07. The molecule has 0 aliphatic carbocycles. The predicted molar refractivity (Wildman–Crippen MR) is 54.8 cm³/mol. The molecule has 1 heterocycles. The summed E-state index contributed by atoms with van der Waals surface area (Å²) >= 11 is 1.19. The number of nitrogens with zero attached hydrogens (tertiary/aromatic N) is 1. The Labute approximate surface area is 85.8 Å². The summed E-state index contributed by atoms with van der Waals surface area (Å²) in [6.45, 7) is 2.51. The van der Waals surface area contributed by atoms with Crippen LogP contribution in [0.5, 0.6) is 0 Å². The third-order valence-electron chi connectivity index (χ3n) is 2.00. The lowest BCUT2D eigenvalue weighted by molar-refractivity contribution is -0.137. The number of aryl methyl sites for hydroxylation is 1. The summed E-state index contributed by atoms with van der Waals surface area (Å²) in [7, 11) is 0. The first-order valence-corrected chi connectivity index (χ1v) is 5.36. The summed E-state index contributed by atoms with van der Waals surface area (Å²) < 4.78 is 1.69. The van der Waals surface area contributed by atoms with E-state index < -0.39 is 5.97 Å². The molecule has 5 heteroatoms. The van der Waals surface area contributed by atoms with Gasteiger partial charge in [-0.15, -0.1) is 0 Å². The molecule has 0 radical (unpaired) electrons. The van der Waals surface area contributed by atoms with E-state index in [1.165, 1.54) is 11.3 Å². The van der Waals surface area contributed by atoms with Gasteiger partial charge in [-0.05, 0) is 19.8 Å². The molecular weight excluding hydrogens is 202 g/mol. The fourth-order valence-electron chi connectivity index (χ4n) is 1.22. The van der Waals surface area contributed by atoms with Gasteiger partial charge in [-0.25, -0.2) is 0 Å². The molecule has 0 aromatic carbocycles. The van der Waals surface area contributed by atoms with Crippen molar-refractivity contribution in [2.24, 2.45) is 0 Å². The molecule has 0 saturated carbocycles. The predicted octanol–water partition coefficient (Wildman–Crippen LogP) is 1.47. The molecule has 0 amide bonds. The number of unbranched alkanes of at least 4 members (excludes halogenated alkanes) is 1. The first-order chi connectivity index (χ1) is 6.61. The Morgan fingerprint density at radius 1 is 1.57 bits per heavy atom. The standard InChI is InChI=1S/C9H13NO3S/c1-7-6-14-9(13)10(7)5-3-2-4-8(11)12/h6H,2-5H2,1H3,(H,11,12). The summed E-state index contributed by atoms with van der Waals surface area (Å²) in [5, 5.41) is 10.2. The summed E-state index contributed by atoms with van der Waals surface area (Å²) in [4.78, 5) is 21.5. The van der Waals surface area contributed by atoms with Gasteiger partial charge in [0.05, 0.1) is 0 Å². The molecule has 14 heavy (non-hydrogen) atoms. The number of aliphatic carboxylic acids is 1. The van der Waals surface area contributed by atoms with Gasteiger partial charge < -0.3 is 9.67 Å². The lowest BCUT2D eigenvalue weighted by Gasteiger charge is -2.02. The summed E-state index contributed by atoms with van der Waals surface area (Å²) in [5.74, 6) is -0.778. The van der Waals surface area contributed by atoms with E-state index in [0.717, 1.165) is 12.1 Å². The van der Waals surface area contributed by atoms with Crippen LogP contribution in [-0.2, 0) is 11.3 Å². The van der Waals surface area contributed by atoms with Crippen LogP contribution in [0.1, 0.15) is 25.0 Å². The minimum atomic E-state index is -0.778. The lowest BCUT2D eigenvalue weighted by Crippen LogP contribution is -2.14. The Balaban J connectivity index is 2.38. The number of hydrogen-bond donors (Lipinski definition) is 1. The second-order valence-corrected chi connectivity index (χ2v) is 3.97. The molecule has 1 N–H and O–H groups in total. The monoisotopic (exact) mass is 215 g/mol. The molecular formula is C9H13NO3S. The second kappa shape index (κ2) is 4.95. The van der Waals surface area contributed by atoms with Crippen LogP contribution in [0.25, 0.3) is 0 Å². The van der Waals surface area contributed by atoms with Gasteiger partial charge in [-0.2, -0.15) is 0 Å². The highest BCUT2D eigenvalue weighted by Crippen LogP contribution is 2.03. The van der Waals surface area contributed by atoms with Crippen LogP contribution in [0.2, 0.25) is 0 Å². The summed E-state index contributed by atoms with van der Waals surface area (Å²) in [5.41, 5.74) is 0.954. The van der Waals surface area contributed by atoms with E-state index in [0.29, 0.717) is 13.0 Å². The number of carboxylic acid groups (broad SMARTS) is 1. The van der Waals surface area contributed by atoms with Crippen molar-refractivity contribution < 1.29 is 9.90 Å². The largest absolute Gasteiger partial charge is 0.481 e. The molecule has 0 spiro atoms. The zero-order valence-electron chi connectivity index (χ0n) is 8.02. The van der Waals surface area contributed by atoms with Gasteiger partial charge in [0.2, 0.25) is 0 Å². The normalized spacial score (nSPS) is 10.4. The van der Waals surface area contributed by atoms with Gasteiger partial charge in [-0.1, -0.05) is 11.3 Å². The van der Waals surface area contributed by atoms with Gasteiger partial charge in [0.1, 0.15) is 0 Å². The van der Waals surface area contributed by atoms with E-state index in [2.05, 4.69) is 0 Å². The van der Waals surface area contributed by atoms with E-state index in [9.17, 15) is 9.59 Å². The van der Waals surface area contributed by atoms with E-state index in [-0.39, 0.29) is 11.3 Å². The minimum absolute atomic E-state index is 0.0397. The highest BCUT2D eigenvalue weighted by atomic mass is 32.1. The van der Waals surface area contributed by atoms with Crippen molar-refractivity contribution in [2.75, 3.05) is 0 Å². The Morgan fingerprint density at radius 3 is 2.79 bits per heavy atom. The van der Waals surface area contributed by atoms with Crippen LogP contribution in [0.4, 0.5) is 0 Å². The van der Waals surface area contributed by atoms with E-state index >= 15 is 0 Å². The lowest BCUT2D eigenvalue weighted by atomic mass is 10.2. The molecule has 0 saturated heterocycles. The van der Waals surface area contributed by atoms with Gasteiger partial charge in [0, 0.05) is 24.0 Å². The van der Waals surface area contributed by atoms with Crippen molar-refractivity contribution in [3.63, 3.8) is 0 Å². The number of rotatable bonds is 5. The first-order valence-electron chi connectivity index (χ1n) is 4.48. The quantitative estimate of drug-likeness (QED) is 0.757. The molecule has 0 unspecified atom stereocenters. The molecule has 0 aliphatic rings. The molecule has 4 nitrogen and oxygen atoms in total. The Kier molecular flexibility index (Phi) is 3.88. The Morgan fingerprint density at radius 2 is 2.29 bits per heavy atom. The van der Waals surface area contributed by atoms with Crippen LogP contribution in [0, 0.1) is 6.92 Å². The summed E-state index contributed by atoms with van der Waals surface area (Å²) in [6, 6.07) is 0. The third kappa shape index (κ3) is 2.99. The molecule has 1 rings (SSSR count). The summed E-state index contributed by atoms with van der Waals surface area (Å²) in [6.07, 6.45) is 1.54. The molecule has 78 valence electrons. The van der Waals surface area contributed by atoms with Crippen LogP contribution >= 0.6 is 11.3 Å². The average molecular weight is 215 g/mol. The zero-order chi connectivity index (χ0) is 10.6. The van der Waals surface area contributed by atoms with Gasteiger partial charge >= 0.3 is 10.8 Å². The third-order valence-corrected chi connectivity index (χ3v) is 2.88. The first kappa shape index (κ1) is 11.0. The van der Waals surface area contributed by atoms with Crippen molar-refractivity contribution in [1.82, 2.24) is 4.57 Å². The number of hydrogen-bond acceptors (Lipinski definition) is 3. The van der Waals surface area contributed by atoms with Crippen molar-refractivity contribution in [1.29, 1.82) is 0 Å². The molecule has 1 aromatic heterocycles. The molecule has 0 atom stereocenters. The smallest absolute Gasteiger partial charge is 0.307 e. The van der Waals surface area contributed by atoms with Crippen LogP contribution in [0.3, 0.4) is 0 Å². The maximum absolute atomic E-state index is 11.2. The van der Waals surface area contributed by atoms with Gasteiger partial charge in [-0.3, -0.25) is 9.59 Å². The average Bonchev–Trinajstić information content (AvgIpc) is 2.42. The van der Waals surface area contributed by atoms with Crippen molar-refractivity contribution in [3.05, 3.63) is 20.7 Å². The van der Waals surface area contributed by atoms with Crippen molar-refractivity contribution in [3.8, 4) is 0 Å². The van der Waals surface area contributed by atoms with E-state index in [1.807, 2.05) is 12.3 Å². The van der Waals surface area contributed by atoms with Crippen LogP contribution < -0.4 is 4.87 Å².